The summed E-state index contributed by atoms with van der Waals surface area (Å²) in [5, 5.41) is 0. The average molecular weight is 400 g/mol. The predicted octanol–water partition coefficient (Wildman–Crippen LogP) is 6.51. The van der Waals surface area contributed by atoms with E-state index in [1.54, 1.807) is 18.6 Å². The molecule has 0 saturated heterocycles. The van der Waals surface area contributed by atoms with Crippen molar-refractivity contribution in [3.8, 4) is 5.75 Å². The van der Waals surface area contributed by atoms with Gasteiger partial charge < -0.3 is 4.74 Å². The summed E-state index contributed by atoms with van der Waals surface area (Å²) in [6.45, 7) is 0. The van der Waals surface area contributed by atoms with E-state index in [0.29, 0.717) is 0 Å². The minimum atomic E-state index is 0.181. The first-order valence-electron chi connectivity index (χ1n) is 10.0. The van der Waals surface area contributed by atoms with Crippen LogP contribution in [0.1, 0.15) is 39.6 Å². The molecule has 4 aromatic rings. The minimum Gasteiger partial charge on any atom is -0.497 e. The van der Waals surface area contributed by atoms with Gasteiger partial charge in [0.05, 0.1) is 18.7 Å². The van der Waals surface area contributed by atoms with Crippen LogP contribution >= 0.6 is 11.5 Å². The van der Waals surface area contributed by atoms with E-state index in [9.17, 15) is 0 Å². The van der Waals surface area contributed by atoms with E-state index in [0.717, 1.165) is 30.7 Å². The molecule has 3 heteroatoms. The molecule has 4 rings (SSSR count). The third-order valence-electron chi connectivity index (χ3n) is 5.16. The van der Waals surface area contributed by atoms with Crippen LogP contribution < -0.4 is 4.74 Å². The summed E-state index contributed by atoms with van der Waals surface area (Å²) in [7, 11) is 1.72. The molecule has 146 valence electrons. The van der Waals surface area contributed by atoms with Crippen molar-refractivity contribution in [1.29, 1.82) is 0 Å². The average Bonchev–Trinajstić information content (AvgIpc) is 3.24. The van der Waals surface area contributed by atoms with E-state index in [4.69, 9.17) is 9.11 Å². The maximum absolute atomic E-state index is 5.33. The standard InChI is InChI=1S/C26H25NOS/c1-28-23-16-8-10-20(18-23)11-9-17-24-19-25(27-29-24)26(21-12-4-2-5-13-21)22-14-6-3-7-15-22/h2-8,10,12-16,18-19,26H,9,11,17H2,1H3. The monoisotopic (exact) mass is 399 g/mol. The number of methoxy groups -OCH3 is 1. The molecular formula is C26H25NOS. The smallest absolute Gasteiger partial charge is 0.119 e. The van der Waals surface area contributed by atoms with Crippen LogP contribution in [0, 0.1) is 0 Å². The van der Waals surface area contributed by atoms with Gasteiger partial charge in [-0.25, -0.2) is 0 Å². The predicted molar refractivity (Wildman–Crippen MR) is 121 cm³/mol. The fourth-order valence-electron chi connectivity index (χ4n) is 3.70. The zero-order valence-electron chi connectivity index (χ0n) is 16.6. The summed E-state index contributed by atoms with van der Waals surface area (Å²) in [5.41, 5.74) is 5.03. The lowest BCUT2D eigenvalue weighted by molar-refractivity contribution is 0.414. The van der Waals surface area contributed by atoms with Gasteiger partial charge in [0.1, 0.15) is 5.75 Å². The molecule has 0 unspecified atom stereocenters. The fourth-order valence-corrected chi connectivity index (χ4v) is 4.49. The number of aromatic nitrogens is 1. The van der Waals surface area contributed by atoms with Crippen molar-refractivity contribution in [2.75, 3.05) is 7.11 Å². The van der Waals surface area contributed by atoms with Crippen LogP contribution in [0.3, 0.4) is 0 Å². The minimum absolute atomic E-state index is 0.181. The molecule has 0 fully saturated rings. The first-order valence-corrected chi connectivity index (χ1v) is 10.8. The Kier molecular flexibility index (Phi) is 6.38. The Hall–Kier alpha value is -2.91. The number of ether oxygens (including phenoxy) is 1. The number of benzene rings is 3. The number of nitrogens with zero attached hydrogens (tertiary/aromatic N) is 1. The SMILES string of the molecule is COc1cccc(CCCc2cc(C(c3ccccc3)c3ccccc3)ns2)c1. The van der Waals surface area contributed by atoms with E-state index in [-0.39, 0.29) is 5.92 Å². The second kappa shape index (κ2) is 9.53. The maximum Gasteiger partial charge on any atom is 0.119 e. The topological polar surface area (TPSA) is 22.1 Å². The van der Waals surface area contributed by atoms with Crippen LogP contribution in [0.15, 0.2) is 91.0 Å². The fraction of sp³-hybridized carbons (Fsp3) is 0.192. The molecule has 0 saturated carbocycles. The molecule has 3 aromatic carbocycles. The maximum atomic E-state index is 5.33. The highest BCUT2D eigenvalue weighted by molar-refractivity contribution is 7.05. The first-order chi connectivity index (χ1) is 14.3. The summed E-state index contributed by atoms with van der Waals surface area (Å²) in [4.78, 5) is 1.35. The summed E-state index contributed by atoms with van der Waals surface area (Å²) in [6, 6.07) is 32.0. The molecule has 0 bridgehead atoms. The molecule has 0 aliphatic heterocycles. The van der Waals surface area contributed by atoms with Crippen LogP contribution in [0.5, 0.6) is 5.75 Å². The van der Waals surface area contributed by atoms with Gasteiger partial charge in [-0.1, -0.05) is 72.8 Å². The van der Waals surface area contributed by atoms with Gasteiger partial charge in [0.25, 0.3) is 0 Å². The summed E-state index contributed by atoms with van der Waals surface area (Å²) in [6.07, 6.45) is 3.20. The molecule has 0 radical (unpaired) electrons. The molecule has 2 nitrogen and oxygen atoms in total. The van der Waals surface area contributed by atoms with Gasteiger partial charge in [0.15, 0.2) is 0 Å². The van der Waals surface area contributed by atoms with Crippen molar-refractivity contribution < 1.29 is 4.74 Å². The lowest BCUT2D eigenvalue weighted by Gasteiger charge is -2.15. The van der Waals surface area contributed by atoms with Crippen LogP contribution in [0.25, 0.3) is 0 Å². The van der Waals surface area contributed by atoms with Gasteiger partial charge in [-0.05, 0) is 65.7 Å². The molecular weight excluding hydrogens is 374 g/mol. The van der Waals surface area contributed by atoms with Crippen LogP contribution in [-0.4, -0.2) is 11.5 Å². The zero-order chi connectivity index (χ0) is 19.9. The Balaban J connectivity index is 1.48. The number of aryl methyl sites for hydroxylation is 2. The summed E-state index contributed by atoms with van der Waals surface area (Å²) < 4.78 is 10.2. The lowest BCUT2D eigenvalue weighted by Crippen LogP contribution is -2.03. The Bertz CT molecular complexity index is 987. The van der Waals surface area contributed by atoms with Crippen LogP contribution in [-0.2, 0) is 12.8 Å². The third-order valence-corrected chi connectivity index (χ3v) is 6.02. The largest absolute Gasteiger partial charge is 0.497 e. The summed E-state index contributed by atoms with van der Waals surface area (Å²) in [5.74, 6) is 1.11. The highest BCUT2D eigenvalue weighted by atomic mass is 32.1. The van der Waals surface area contributed by atoms with Gasteiger partial charge in [0.2, 0.25) is 0 Å². The normalized spacial score (nSPS) is 11.0. The van der Waals surface area contributed by atoms with Crippen molar-refractivity contribution in [1.82, 2.24) is 4.37 Å². The van der Waals surface area contributed by atoms with Crippen molar-refractivity contribution in [2.24, 2.45) is 0 Å². The van der Waals surface area contributed by atoms with Gasteiger partial charge in [-0.15, -0.1) is 0 Å². The Labute approximate surface area is 177 Å². The van der Waals surface area contributed by atoms with E-state index < -0.39 is 0 Å². The molecule has 1 aromatic heterocycles. The molecule has 1 heterocycles. The molecule has 0 aliphatic rings. The molecule has 0 amide bonds. The Morgan fingerprint density at radius 1 is 0.793 bits per heavy atom. The van der Waals surface area contributed by atoms with Crippen LogP contribution in [0.2, 0.25) is 0 Å². The van der Waals surface area contributed by atoms with Crippen LogP contribution in [0.4, 0.5) is 0 Å². The number of hydrogen-bond donors (Lipinski definition) is 0. The van der Waals surface area contributed by atoms with Crippen molar-refractivity contribution in [2.45, 2.75) is 25.2 Å². The van der Waals surface area contributed by atoms with Gasteiger partial charge >= 0.3 is 0 Å². The summed E-state index contributed by atoms with van der Waals surface area (Å²) >= 11 is 1.64. The molecule has 0 N–H and O–H groups in total. The molecule has 29 heavy (non-hydrogen) atoms. The molecule has 0 spiro atoms. The van der Waals surface area contributed by atoms with Gasteiger partial charge in [-0.3, -0.25) is 0 Å². The lowest BCUT2D eigenvalue weighted by atomic mass is 9.88. The highest BCUT2D eigenvalue weighted by Crippen LogP contribution is 2.32. The first kappa shape index (κ1) is 19.4. The Morgan fingerprint density at radius 3 is 2.14 bits per heavy atom. The van der Waals surface area contributed by atoms with Crippen molar-refractivity contribution in [3.05, 3.63) is 118 Å². The van der Waals surface area contributed by atoms with E-state index >= 15 is 0 Å². The van der Waals surface area contributed by atoms with E-state index in [1.807, 2.05) is 6.07 Å². The zero-order valence-corrected chi connectivity index (χ0v) is 17.4. The van der Waals surface area contributed by atoms with Crippen molar-refractivity contribution >= 4 is 11.5 Å². The van der Waals surface area contributed by atoms with Gasteiger partial charge in [0, 0.05) is 4.88 Å². The molecule has 0 atom stereocenters. The number of hydrogen-bond acceptors (Lipinski definition) is 3. The Morgan fingerprint density at radius 2 is 1.48 bits per heavy atom. The van der Waals surface area contributed by atoms with E-state index in [2.05, 4.69) is 84.9 Å². The molecule has 0 aliphatic carbocycles. The third kappa shape index (κ3) is 4.93. The highest BCUT2D eigenvalue weighted by Gasteiger charge is 2.19. The quantitative estimate of drug-likeness (QED) is 0.337. The van der Waals surface area contributed by atoms with Gasteiger partial charge in [-0.2, -0.15) is 4.37 Å². The van der Waals surface area contributed by atoms with E-state index in [1.165, 1.54) is 21.6 Å². The second-order valence-electron chi connectivity index (χ2n) is 7.18. The number of rotatable bonds is 8. The van der Waals surface area contributed by atoms with Crippen molar-refractivity contribution in [3.63, 3.8) is 0 Å². The second-order valence-corrected chi connectivity index (χ2v) is 8.07.